The van der Waals surface area contributed by atoms with Gasteiger partial charge in [0.1, 0.15) is 5.75 Å². The van der Waals surface area contributed by atoms with Gasteiger partial charge in [0.25, 0.3) is 5.91 Å². The van der Waals surface area contributed by atoms with Crippen molar-refractivity contribution >= 4 is 40.7 Å². The van der Waals surface area contributed by atoms with E-state index in [0.717, 1.165) is 6.42 Å². The summed E-state index contributed by atoms with van der Waals surface area (Å²) in [5.41, 5.74) is 0.874. The van der Waals surface area contributed by atoms with Gasteiger partial charge in [-0.2, -0.15) is 0 Å². The highest BCUT2D eigenvalue weighted by molar-refractivity contribution is 6.34. The van der Waals surface area contributed by atoms with Crippen LogP contribution in [0.4, 0.5) is 11.4 Å². The fourth-order valence-corrected chi connectivity index (χ4v) is 2.74. The van der Waals surface area contributed by atoms with Crippen molar-refractivity contribution in [2.24, 2.45) is 11.8 Å². The Labute approximate surface area is 144 Å². The summed E-state index contributed by atoms with van der Waals surface area (Å²) in [6.45, 7) is 2.23. The molecule has 1 aliphatic carbocycles. The number of nitrogens with one attached hydrogen (secondary N) is 3. The first-order valence-electron chi connectivity index (χ1n) is 7.78. The topological polar surface area (TPSA) is 96.5 Å². The summed E-state index contributed by atoms with van der Waals surface area (Å²) >= 11 is 6.11. The van der Waals surface area contributed by atoms with E-state index in [1.165, 1.54) is 6.07 Å². The van der Waals surface area contributed by atoms with Crippen molar-refractivity contribution in [2.75, 3.05) is 23.8 Å². The van der Waals surface area contributed by atoms with Crippen LogP contribution in [0.5, 0.6) is 5.75 Å². The van der Waals surface area contributed by atoms with Gasteiger partial charge in [-0.15, -0.1) is 0 Å². The van der Waals surface area contributed by atoms with E-state index in [-0.39, 0.29) is 43.2 Å². The molecule has 3 rings (SSSR count). The molecule has 8 heteroatoms. The summed E-state index contributed by atoms with van der Waals surface area (Å²) in [6.07, 6.45) is 1.07. The average Bonchev–Trinajstić information content (AvgIpc) is 3.25. The van der Waals surface area contributed by atoms with Crippen molar-refractivity contribution in [3.05, 3.63) is 17.2 Å². The van der Waals surface area contributed by atoms with Crippen molar-refractivity contribution in [1.82, 2.24) is 5.32 Å². The molecule has 24 heavy (non-hydrogen) atoms. The molecular formula is C16H18ClN3O4. The van der Waals surface area contributed by atoms with Crippen LogP contribution in [0, 0.1) is 11.8 Å². The molecular weight excluding hydrogens is 334 g/mol. The number of rotatable bonds is 5. The second-order valence-electron chi connectivity index (χ2n) is 6.07. The van der Waals surface area contributed by atoms with Gasteiger partial charge in [-0.1, -0.05) is 18.5 Å². The highest BCUT2D eigenvalue weighted by atomic mass is 35.5. The first-order valence-corrected chi connectivity index (χ1v) is 8.15. The number of anilines is 2. The van der Waals surface area contributed by atoms with E-state index >= 15 is 0 Å². The van der Waals surface area contributed by atoms with Gasteiger partial charge in [-0.05, 0) is 18.4 Å². The summed E-state index contributed by atoms with van der Waals surface area (Å²) in [7, 11) is 0. The Kier molecular flexibility index (Phi) is 4.62. The minimum Gasteiger partial charge on any atom is -0.482 e. The lowest BCUT2D eigenvalue weighted by Crippen LogP contribution is -2.29. The second kappa shape index (κ2) is 6.68. The number of benzene rings is 1. The third kappa shape index (κ3) is 3.79. The molecule has 2 atom stereocenters. The number of ether oxygens (including phenoxy) is 1. The van der Waals surface area contributed by atoms with Crippen molar-refractivity contribution in [3.8, 4) is 5.75 Å². The minimum absolute atomic E-state index is 0.00579. The number of carbonyl (C=O) groups excluding carboxylic acids is 3. The van der Waals surface area contributed by atoms with E-state index in [4.69, 9.17) is 16.3 Å². The minimum atomic E-state index is -0.263. The Balaban J connectivity index is 1.52. The molecule has 0 saturated heterocycles. The summed E-state index contributed by atoms with van der Waals surface area (Å²) in [5, 5.41) is 8.37. The van der Waals surface area contributed by atoms with Crippen molar-refractivity contribution < 1.29 is 19.1 Å². The molecule has 1 fully saturated rings. The van der Waals surface area contributed by atoms with Crippen LogP contribution in [0.3, 0.4) is 0 Å². The Morgan fingerprint density at radius 3 is 2.88 bits per heavy atom. The van der Waals surface area contributed by atoms with Gasteiger partial charge in [-0.25, -0.2) is 0 Å². The Morgan fingerprint density at radius 1 is 1.42 bits per heavy atom. The van der Waals surface area contributed by atoms with Gasteiger partial charge in [0.15, 0.2) is 6.61 Å². The number of carbonyl (C=O) groups is 3. The van der Waals surface area contributed by atoms with E-state index in [1.54, 1.807) is 6.07 Å². The maximum absolute atomic E-state index is 12.0. The fourth-order valence-electron chi connectivity index (χ4n) is 2.53. The lowest BCUT2D eigenvalue weighted by molar-refractivity contribution is -0.122. The zero-order valence-electron chi connectivity index (χ0n) is 13.1. The van der Waals surface area contributed by atoms with Crippen LogP contribution in [0.25, 0.3) is 0 Å². The van der Waals surface area contributed by atoms with Gasteiger partial charge >= 0.3 is 0 Å². The summed E-state index contributed by atoms with van der Waals surface area (Å²) in [4.78, 5) is 34.9. The predicted molar refractivity (Wildman–Crippen MR) is 89.1 cm³/mol. The lowest BCUT2D eigenvalue weighted by atomic mass is 10.2. The van der Waals surface area contributed by atoms with Crippen LogP contribution in [-0.2, 0) is 14.4 Å². The highest BCUT2D eigenvalue weighted by Crippen LogP contribution is 2.38. The molecule has 1 aromatic carbocycles. The van der Waals surface area contributed by atoms with Crippen LogP contribution < -0.4 is 20.7 Å². The summed E-state index contributed by atoms with van der Waals surface area (Å²) < 4.78 is 5.29. The number of halogens is 1. The fraction of sp³-hybridized carbons (Fsp3) is 0.438. The van der Waals surface area contributed by atoms with Gasteiger partial charge in [0.05, 0.1) is 16.4 Å². The Bertz CT molecular complexity index is 707. The van der Waals surface area contributed by atoms with Gasteiger partial charge < -0.3 is 20.7 Å². The average molecular weight is 352 g/mol. The van der Waals surface area contributed by atoms with Crippen LogP contribution in [0.1, 0.15) is 19.8 Å². The summed E-state index contributed by atoms with van der Waals surface area (Å²) in [5.74, 6) is 0.470. The molecule has 1 saturated carbocycles. The molecule has 2 aliphatic rings. The van der Waals surface area contributed by atoms with Crippen molar-refractivity contribution in [2.45, 2.75) is 19.8 Å². The predicted octanol–water partition coefficient (Wildman–Crippen LogP) is 1.77. The molecule has 0 spiro atoms. The molecule has 0 unspecified atom stereocenters. The quantitative estimate of drug-likeness (QED) is 0.753. The lowest BCUT2D eigenvalue weighted by Gasteiger charge is -2.19. The monoisotopic (exact) mass is 351 g/mol. The van der Waals surface area contributed by atoms with E-state index in [0.29, 0.717) is 28.1 Å². The molecule has 3 N–H and O–H groups in total. The molecule has 0 bridgehead atoms. The van der Waals surface area contributed by atoms with Crippen LogP contribution in [0.15, 0.2) is 12.1 Å². The number of hydrogen-bond acceptors (Lipinski definition) is 4. The largest absolute Gasteiger partial charge is 0.482 e. The normalized spacial score (nSPS) is 21.2. The van der Waals surface area contributed by atoms with Crippen molar-refractivity contribution in [3.63, 3.8) is 0 Å². The Morgan fingerprint density at radius 2 is 2.17 bits per heavy atom. The molecule has 0 radical (unpaired) electrons. The smallest absolute Gasteiger partial charge is 0.262 e. The van der Waals surface area contributed by atoms with Gasteiger partial charge in [-0.3, -0.25) is 14.4 Å². The molecule has 1 aliphatic heterocycles. The second-order valence-corrected chi connectivity index (χ2v) is 6.48. The third-order valence-corrected chi connectivity index (χ3v) is 4.39. The standard InChI is InChI=1S/C16H18ClN3O4/c1-8-4-9(8)16(23)18-3-2-14(21)19-11-6-13-12(5-10(11)17)20-15(22)7-24-13/h5-6,8-9H,2-4,7H2,1H3,(H,18,23)(H,19,21)(H,20,22)/t8-,9-/m1/s1. The molecule has 1 heterocycles. The summed E-state index contributed by atoms with van der Waals surface area (Å²) in [6, 6.07) is 3.10. The molecule has 1 aromatic rings. The van der Waals surface area contributed by atoms with Crippen molar-refractivity contribution in [1.29, 1.82) is 0 Å². The van der Waals surface area contributed by atoms with E-state index < -0.39 is 0 Å². The van der Waals surface area contributed by atoms with Crippen LogP contribution in [-0.4, -0.2) is 30.9 Å². The number of fused-ring (bicyclic) bond motifs is 1. The highest BCUT2D eigenvalue weighted by Gasteiger charge is 2.38. The van der Waals surface area contributed by atoms with E-state index in [1.807, 2.05) is 6.92 Å². The number of amides is 3. The van der Waals surface area contributed by atoms with E-state index in [9.17, 15) is 14.4 Å². The molecule has 128 valence electrons. The van der Waals surface area contributed by atoms with Crippen LogP contribution >= 0.6 is 11.6 Å². The maximum atomic E-state index is 12.0. The molecule has 7 nitrogen and oxygen atoms in total. The molecule has 3 amide bonds. The van der Waals surface area contributed by atoms with E-state index in [2.05, 4.69) is 16.0 Å². The third-order valence-electron chi connectivity index (χ3n) is 4.07. The Hall–Kier alpha value is -2.28. The number of hydrogen-bond donors (Lipinski definition) is 3. The van der Waals surface area contributed by atoms with Crippen LogP contribution in [0.2, 0.25) is 5.02 Å². The van der Waals surface area contributed by atoms with Gasteiger partial charge in [0.2, 0.25) is 11.8 Å². The first-order chi connectivity index (χ1) is 11.4. The maximum Gasteiger partial charge on any atom is 0.262 e. The zero-order valence-corrected chi connectivity index (χ0v) is 13.9. The first kappa shape index (κ1) is 16.6. The SMILES string of the molecule is C[C@@H]1C[C@H]1C(=O)NCCC(=O)Nc1cc2c(cc1Cl)NC(=O)CO2. The zero-order chi connectivity index (χ0) is 17.3. The van der Waals surface area contributed by atoms with Gasteiger partial charge in [0, 0.05) is 24.9 Å². The molecule has 0 aromatic heterocycles.